The van der Waals surface area contributed by atoms with Crippen molar-refractivity contribution in [3.05, 3.63) is 52.0 Å². The minimum absolute atomic E-state index is 0.282. The van der Waals surface area contributed by atoms with Gasteiger partial charge in [0.2, 0.25) is 0 Å². The standard InChI is InChI=1S/C23H29NS/c1-14(2)20-19(13-23(5,6)7)25-22-18(8-9-24-21(20)22)17-11-15(3)10-16(4)12-17/h8-12,14H,13H2,1-7H3. The van der Waals surface area contributed by atoms with Crippen molar-refractivity contribution < 1.29 is 0 Å². The topological polar surface area (TPSA) is 12.9 Å². The van der Waals surface area contributed by atoms with Crippen LogP contribution in [0.5, 0.6) is 0 Å². The average molecular weight is 352 g/mol. The van der Waals surface area contributed by atoms with E-state index in [0.717, 1.165) is 6.42 Å². The van der Waals surface area contributed by atoms with E-state index in [0.29, 0.717) is 5.92 Å². The van der Waals surface area contributed by atoms with E-state index >= 15 is 0 Å². The number of hydrogen-bond acceptors (Lipinski definition) is 2. The Hall–Kier alpha value is -1.67. The first kappa shape index (κ1) is 18.1. The second kappa shape index (κ2) is 6.57. The SMILES string of the molecule is Cc1cc(C)cc(-c2ccnc3c(C(C)C)c(CC(C)(C)C)sc23)c1. The fourth-order valence-corrected chi connectivity index (χ4v) is 5.37. The van der Waals surface area contributed by atoms with Crippen LogP contribution in [0.1, 0.15) is 62.1 Å². The fourth-order valence-electron chi connectivity index (χ4n) is 3.62. The molecule has 0 saturated heterocycles. The number of thiophene rings is 1. The largest absolute Gasteiger partial charge is 0.255 e. The number of nitrogens with zero attached hydrogens (tertiary/aromatic N) is 1. The van der Waals surface area contributed by atoms with Crippen molar-refractivity contribution in [1.29, 1.82) is 0 Å². The van der Waals surface area contributed by atoms with Crippen molar-refractivity contribution in [2.24, 2.45) is 5.41 Å². The zero-order valence-corrected chi connectivity index (χ0v) is 17.3. The number of fused-ring (bicyclic) bond motifs is 1. The van der Waals surface area contributed by atoms with Crippen LogP contribution in [0.2, 0.25) is 0 Å². The van der Waals surface area contributed by atoms with Gasteiger partial charge in [0, 0.05) is 16.6 Å². The molecule has 3 rings (SSSR count). The fraction of sp³-hybridized carbons (Fsp3) is 0.435. The molecule has 0 N–H and O–H groups in total. The lowest BCUT2D eigenvalue weighted by Gasteiger charge is -2.18. The van der Waals surface area contributed by atoms with E-state index in [4.69, 9.17) is 4.98 Å². The number of rotatable bonds is 3. The van der Waals surface area contributed by atoms with Crippen LogP contribution < -0.4 is 0 Å². The summed E-state index contributed by atoms with van der Waals surface area (Å²) in [5, 5.41) is 0. The van der Waals surface area contributed by atoms with Gasteiger partial charge in [-0.25, -0.2) is 0 Å². The van der Waals surface area contributed by atoms with Crippen LogP contribution in [0.3, 0.4) is 0 Å². The molecule has 0 radical (unpaired) electrons. The minimum Gasteiger partial charge on any atom is -0.255 e. The molecule has 25 heavy (non-hydrogen) atoms. The van der Waals surface area contributed by atoms with Gasteiger partial charge in [0.15, 0.2) is 0 Å². The molecule has 1 nitrogen and oxygen atoms in total. The summed E-state index contributed by atoms with van der Waals surface area (Å²) in [4.78, 5) is 6.30. The van der Waals surface area contributed by atoms with E-state index in [1.54, 1.807) is 0 Å². The van der Waals surface area contributed by atoms with Gasteiger partial charge in [-0.05, 0) is 48.8 Å². The second-order valence-corrected chi connectivity index (χ2v) is 9.85. The number of aryl methyl sites for hydroxylation is 2. The predicted octanol–water partition coefficient (Wildman–Crippen LogP) is 7.29. The molecule has 0 bridgehead atoms. The Balaban J connectivity index is 2.27. The first-order valence-corrected chi connectivity index (χ1v) is 9.96. The number of aromatic nitrogens is 1. The maximum Gasteiger partial charge on any atom is 0.0853 e. The van der Waals surface area contributed by atoms with Crippen molar-refractivity contribution >= 4 is 21.6 Å². The summed E-state index contributed by atoms with van der Waals surface area (Å²) in [6.45, 7) is 15.9. The van der Waals surface area contributed by atoms with Gasteiger partial charge in [-0.3, -0.25) is 4.98 Å². The molecule has 0 saturated carbocycles. The molecule has 0 spiro atoms. The summed E-state index contributed by atoms with van der Waals surface area (Å²) in [5.74, 6) is 0.494. The number of hydrogen-bond donors (Lipinski definition) is 0. The van der Waals surface area contributed by atoms with Crippen LogP contribution in [-0.2, 0) is 6.42 Å². The van der Waals surface area contributed by atoms with Crippen molar-refractivity contribution in [3.8, 4) is 11.1 Å². The van der Waals surface area contributed by atoms with Crippen molar-refractivity contribution in [2.45, 2.75) is 60.8 Å². The van der Waals surface area contributed by atoms with E-state index in [9.17, 15) is 0 Å². The van der Waals surface area contributed by atoms with Crippen LogP contribution in [0.25, 0.3) is 21.3 Å². The summed E-state index contributed by atoms with van der Waals surface area (Å²) in [6, 6.07) is 9.00. The molecule has 2 heterocycles. The highest BCUT2D eigenvalue weighted by atomic mass is 32.1. The summed E-state index contributed by atoms with van der Waals surface area (Å²) >= 11 is 1.95. The molecule has 0 aliphatic rings. The third-order valence-corrected chi connectivity index (χ3v) is 5.71. The predicted molar refractivity (Wildman–Crippen MR) is 112 cm³/mol. The summed E-state index contributed by atoms with van der Waals surface area (Å²) in [5.41, 5.74) is 8.20. The highest BCUT2D eigenvalue weighted by Gasteiger charge is 2.22. The lowest BCUT2D eigenvalue weighted by atomic mass is 9.88. The lowest BCUT2D eigenvalue weighted by Crippen LogP contribution is -2.09. The molecule has 2 aromatic heterocycles. The molecule has 0 amide bonds. The van der Waals surface area contributed by atoms with Gasteiger partial charge < -0.3 is 0 Å². The molecule has 0 aliphatic heterocycles. The Labute approximate surface area is 156 Å². The zero-order chi connectivity index (χ0) is 18.4. The van der Waals surface area contributed by atoms with Crippen LogP contribution in [0, 0.1) is 19.3 Å². The summed E-state index contributed by atoms with van der Waals surface area (Å²) in [7, 11) is 0. The van der Waals surface area contributed by atoms with Crippen molar-refractivity contribution in [1.82, 2.24) is 4.98 Å². The molecule has 2 heteroatoms. The van der Waals surface area contributed by atoms with Crippen LogP contribution >= 0.6 is 11.3 Å². The average Bonchev–Trinajstić information content (AvgIpc) is 2.81. The molecule has 0 unspecified atom stereocenters. The Bertz CT molecular complexity index is 889. The van der Waals surface area contributed by atoms with Crippen LogP contribution in [0.15, 0.2) is 30.5 Å². The van der Waals surface area contributed by atoms with E-state index in [1.807, 2.05) is 17.5 Å². The van der Waals surface area contributed by atoms with Gasteiger partial charge in [-0.2, -0.15) is 0 Å². The maximum absolute atomic E-state index is 4.79. The van der Waals surface area contributed by atoms with Crippen molar-refractivity contribution in [3.63, 3.8) is 0 Å². The second-order valence-electron chi connectivity index (χ2n) is 8.74. The van der Waals surface area contributed by atoms with Crippen molar-refractivity contribution in [2.75, 3.05) is 0 Å². The molecular formula is C23H29NS. The monoisotopic (exact) mass is 351 g/mol. The Morgan fingerprint density at radius 3 is 2.24 bits per heavy atom. The molecule has 1 aromatic carbocycles. The Kier molecular flexibility index (Phi) is 4.76. The van der Waals surface area contributed by atoms with E-state index in [2.05, 4.69) is 72.7 Å². The Morgan fingerprint density at radius 1 is 1.04 bits per heavy atom. The number of pyridine rings is 1. The normalized spacial score (nSPS) is 12.3. The quantitative estimate of drug-likeness (QED) is 0.482. The highest BCUT2D eigenvalue weighted by molar-refractivity contribution is 7.19. The van der Waals surface area contributed by atoms with Gasteiger partial charge >= 0.3 is 0 Å². The lowest BCUT2D eigenvalue weighted by molar-refractivity contribution is 0.413. The van der Waals surface area contributed by atoms with Gasteiger partial charge in [-0.15, -0.1) is 11.3 Å². The van der Waals surface area contributed by atoms with Crippen LogP contribution in [-0.4, -0.2) is 4.98 Å². The smallest absolute Gasteiger partial charge is 0.0853 e. The van der Waals surface area contributed by atoms with Gasteiger partial charge in [0.25, 0.3) is 0 Å². The van der Waals surface area contributed by atoms with E-state index in [1.165, 1.54) is 42.9 Å². The molecule has 0 atom stereocenters. The molecular weight excluding hydrogens is 322 g/mol. The van der Waals surface area contributed by atoms with Gasteiger partial charge in [0.05, 0.1) is 10.2 Å². The molecule has 132 valence electrons. The first-order chi connectivity index (χ1) is 11.7. The first-order valence-electron chi connectivity index (χ1n) is 9.14. The molecule has 0 fully saturated rings. The Morgan fingerprint density at radius 2 is 1.68 bits per heavy atom. The summed E-state index contributed by atoms with van der Waals surface area (Å²) in [6.07, 6.45) is 3.09. The molecule has 0 aliphatic carbocycles. The van der Waals surface area contributed by atoms with Gasteiger partial charge in [0.1, 0.15) is 0 Å². The maximum atomic E-state index is 4.79. The van der Waals surface area contributed by atoms with E-state index < -0.39 is 0 Å². The third-order valence-electron chi connectivity index (χ3n) is 4.49. The molecule has 3 aromatic rings. The number of benzene rings is 1. The summed E-state index contributed by atoms with van der Waals surface area (Å²) < 4.78 is 1.34. The highest BCUT2D eigenvalue weighted by Crippen LogP contribution is 2.42. The zero-order valence-electron chi connectivity index (χ0n) is 16.5. The van der Waals surface area contributed by atoms with E-state index in [-0.39, 0.29) is 5.41 Å². The van der Waals surface area contributed by atoms with Gasteiger partial charge in [-0.1, -0.05) is 63.9 Å². The minimum atomic E-state index is 0.282. The third kappa shape index (κ3) is 3.79. The van der Waals surface area contributed by atoms with Crippen LogP contribution in [0.4, 0.5) is 0 Å².